The van der Waals surface area contributed by atoms with Crippen LogP contribution in [-0.2, 0) is 4.79 Å². The molecule has 4 nitrogen and oxygen atoms in total. The summed E-state index contributed by atoms with van der Waals surface area (Å²) >= 11 is 0. The van der Waals surface area contributed by atoms with Gasteiger partial charge in [0.1, 0.15) is 0 Å². The average molecular weight is 283 g/mol. The number of likely N-dealkylation sites (N-methyl/N-ethyl adjacent to an activating group) is 1. The molecule has 118 valence electrons. The van der Waals surface area contributed by atoms with Gasteiger partial charge in [-0.3, -0.25) is 4.79 Å². The Hall–Kier alpha value is -0.610. The highest BCUT2D eigenvalue weighted by Gasteiger charge is 2.29. The standard InChI is InChI=1S/C16H33N3O/c1-13(2)12-19(10-9-18(3)4)16(20)15-7-5-14(11-17)6-8-15/h13-15H,5-12,17H2,1-4H3. The second-order valence-electron chi connectivity index (χ2n) is 6.93. The van der Waals surface area contributed by atoms with E-state index in [2.05, 4.69) is 37.7 Å². The number of carbonyl (C=O) groups is 1. The molecular formula is C16H33N3O. The first kappa shape index (κ1) is 17.4. The maximum atomic E-state index is 12.7. The molecule has 0 aliphatic heterocycles. The number of nitrogens with zero attached hydrogens (tertiary/aromatic N) is 2. The third-order valence-electron chi connectivity index (χ3n) is 4.24. The lowest BCUT2D eigenvalue weighted by molar-refractivity contribution is -0.137. The lowest BCUT2D eigenvalue weighted by Gasteiger charge is -2.33. The summed E-state index contributed by atoms with van der Waals surface area (Å²) in [4.78, 5) is 16.9. The lowest BCUT2D eigenvalue weighted by Crippen LogP contribution is -2.43. The van der Waals surface area contributed by atoms with Crippen molar-refractivity contribution in [2.75, 3.05) is 40.3 Å². The van der Waals surface area contributed by atoms with Crippen molar-refractivity contribution in [3.8, 4) is 0 Å². The zero-order chi connectivity index (χ0) is 15.1. The van der Waals surface area contributed by atoms with Gasteiger partial charge in [-0.25, -0.2) is 0 Å². The number of carbonyl (C=O) groups excluding carboxylic acids is 1. The normalized spacial score (nSPS) is 23.4. The Balaban J connectivity index is 2.53. The van der Waals surface area contributed by atoms with E-state index in [1.807, 2.05) is 0 Å². The molecule has 0 spiro atoms. The van der Waals surface area contributed by atoms with Crippen molar-refractivity contribution in [2.24, 2.45) is 23.5 Å². The zero-order valence-corrected chi connectivity index (χ0v) is 13.8. The molecule has 0 aromatic heterocycles. The molecule has 0 aromatic carbocycles. The SMILES string of the molecule is CC(C)CN(CCN(C)C)C(=O)C1CCC(CN)CC1. The first-order chi connectivity index (χ1) is 9.43. The fourth-order valence-corrected chi connectivity index (χ4v) is 2.96. The molecule has 4 heteroatoms. The molecule has 1 amide bonds. The second kappa shape index (κ2) is 8.63. The van der Waals surface area contributed by atoms with Gasteiger partial charge in [0, 0.05) is 25.6 Å². The summed E-state index contributed by atoms with van der Waals surface area (Å²) in [6, 6.07) is 0. The molecule has 0 atom stereocenters. The molecule has 0 bridgehead atoms. The van der Waals surface area contributed by atoms with Crippen LogP contribution < -0.4 is 5.73 Å². The van der Waals surface area contributed by atoms with E-state index in [1.165, 1.54) is 0 Å². The Labute approximate surface area is 124 Å². The van der Waals surface area contributed by atoms with Gasteiger partial charge in [0.15, 0.2) is 0 Å². The zero-order valence-electron chi connectivity index (χ0n) is 13.8. The summed E-state index contributed by atoms with van der Waals surface area (Å²) in [5, 5.41) is 0. The molecule has 20 heavy (non-hydrogen) atoms. The van der Waals surface area contributed by atoms with Gasteiger partial charge >= 0.3 is 0 Å². The predicted octanol–water partition coefficient (Wildman–Crippen LogP) is 1.80. The van der Waals surface area contributed by atoms with Crippen LogP contribution in [0.3, 0.4) is 0 Å². The Morgan fingerprint density at radius 1 is 1.15 bits per heavy atom. The van der Waals surface area contributed by atoms with E-state index in [0.717, 1.165) is 51.9 Å². The van der Waals surface area contributed by atoms with Crippen LogP contribution in [-0.4, -0.2) is 56.0 Å². The van der Waals surface area contributed by atoms with Gasteiger partial charge in [-0.1, -0.05) is 13.8 Å². The molecule has 1 aliphatic carbocycles. The average Bonchev–Trinajstić information content (AvgIpc) is 2.42. The van der Waals surface area contributed by atoms with Crippen LogP contribution in [0.25, 0.3) is 0 Å². The molecular weight excluding hydrogens is 250 g/mol. The lowest BCUT2D eigenvalue weighted by atomic mass is 9.81. The molecule has 0 saturated heterocycles. The van der Waals surface area contributed by atoms with Crippen molar-refractivity contribution in [1.29, 1.82) is 0 Å². The summed E-state index contributed by atoms with van der Waals surface area (Å²) in [6.07, 6.45) is 4.29. The van der Waals surface area contributed by atoms with Crippen LogP contribution in [0.1, 0.15) is 39.5 Å². The van der Waals surface area contributed by atoms with E-state index in [1.54, 1.807) is 0 Å². The summed E-state index contributed by atoms with van der Waals surface area (Å²) in [5.74, 6) is 1.77. The quantitative estimate of drug-likeness (QED) is 0.775. The predicted molar refractivity (Wildman–Crippen MR) is 84.5 cm³/mol. The minimum Gasteiger partial charge on any atom is -0.341 e. The van der Waals surface area contributed by atoms with Gasteiger partial charge in [-0.2, -0.15) is 0 Å². The maximum Gasteiger partial charge on any atom is 0.225 e. The monoisotopic (exact) mass is 283 g/mol. The highest BCUT2D eigenvalue weighted by molar-refractivity contribution is 5.79. The third-order valence-corrected chi connectivity index (χ3v) is 4.24. The van der Waals surface area contributed by atoms with Gasteiger partial charge in [0.05, 0.1) is 0 Å². The summed E-state index contributed by atoms with van der Waals surface area (Å²) < 4.78 is 0. The summed E-state index contributed by atoms with van der Waals surface area (Å²) in [6.45, 7) is 7.81. The Morgan fingerprint density at radius 3 is 2.20 bits per heavy atom. The van der Waals surface area contributed by atoms with Crippen LogP contribution in [0.15, 0.2) is 0 Å². The summed E-state index contributed by atoms with van der Waals surface area (Å²) in [7, 11) is 4.12. The van der Waals surface area contributed by atoms with E-state index < -0.39 is 0 Å². The Bertz CT molecular complexity index is 283. The smallest absolute Gasteiger partial charge is 0.225 e. The van der Waals surface area contributed by atoms with Crippen molar-refractivity contribution in [1.82, 2.24) is 9.80 Å². The van der Waals surface area contributed by atoms with Gasteiger partial charge in [-0.15, -0.1) is 0 Å². The molecule has 0 radical (unpaired) electrons. The van der Waals surface area contributed by atoms with Gasteiger partial charge in [-0.05, 0) is 58.2 Å². The molecule has 1 saturated carbocycles. The van der Waals surface area contributed by atoms with Crippen molar-refractivity contribution in [3.05, 3.63) is 0 Å². The second-order valence-corrected chi connectivity index (χ2v) is 6.93. The molecule has 0 aromatic rings. The largest absolute Gasteiger partial charge is 0.341 e. The molecule has 0 unspecified atom stereocenters. The van der Waals surface area contributed by atoms with E-state index >= 15 is 0 Å². The van der Waals surface area contributed by atoms with Crippen LogP contribution in [0.5, 0.6) is 0 Å². The maximum absolute atomic E-state index is 12.7. The van der Waals surface area contributed by atoms with Crippen LogP contribution in [0.4, 0.5) is 0 Å². The van der Waals surface area contributed by atoms with E-state index in [-0.39, 0.29) is 5.92 Å². The Morgan fingerprint density at radius 2 is 1.75 bits per heavy atom. The number of hydrogen-bond acceptors (Lipinski definition) is 3. The van der Waals surface area contributed by atoms with E-state index in [0.29, 0.717) is 17.7 Å². The first-order valence-corrected chi connectivity index (χ1v) is 8.07. The van der Waals surface area contributed by atoms with Crippen LogP contribution >= 0.6 is 0 Å². The fraction of sp³-hybridized carbons (Fsp3) is 0.938. The van der Waals surface area contributed by atoms with Crippen molar-refractivity contribution in [3.63, 3.8) is 0 Å². The molecule has 1 rings (SSSR count). The van der Waals surface area contributed by atoms with Gasteiger partial charge in [0.25, 0.3) is 0 Å². The molecule has 0 heterocycles. The van der Waals surface area contributed by atoms with Gasteiger partial charge < -0.3 is 15.5 Å². The third kappa shape index (κ3) is 5.80. The van der Waals surface area contributed by atoms with Gasteiger partial charge in [0.2, 0.25) is 5.91 Å². The van der Waals surface area contributed by atoms with Crippen molar-refractivity contribution < 1.29 is 4.79 Å². The van der Waals surface area contributed by atoms with E-state index in [4.69, 9.17) is 5.73 Å². The van der Waals surface area contributed by atoms with Crippen LogP contribution in [0, 0.1) is 17.8 Å². The van der Waals surface area contributed by atoms with Crippen molar-refractivity contribution >= 4 is 5.91 Å². The highest BCUT2D eigenvalue weighted by Crippen LogP contribution is 2.29. The topological polar surface area (TPSA) is 49.6 Å². The highest BCUT2D eigenvalue weighted by atomic mass is 16.2. The molecule has 1 fully saturated rings. The minimum atomic E-state index is 0.235. The molecule has 1 aliphatic rings. The number of nitrogens with two attached hydrogens (primary N) is 1. The number of hydrogen-bond donors (Lipinski definition) is 1. The van der Waals surface area contributed by atoms with Crippen LogP contribution in [0.2, 0.25) is 0 Å². The number of amides is 1. The Kier molecular flexibility index (Phi) is 7.52. The van der Waals surface area contributed by atoms with Crippen molar-refractivity contribution in [2.45, 2.75) is 39.5 Å². The minimum absolute atomic E-state index is 0.235. The number of rotatable bonds is 7. The van der Waals surface area contributed by atoms with E-state index in [9.17, 15) is 4.79 Å². The first-order valence-electron chi connectivity index (χ1n) is 8.07. The molecule has 2 N–H and O–H groups in total. The fourth-order valence-electron chi connectivity index (χ4n) is 2.96. The summed E-state index contributed by atoms with van der Waals surface area (Å²) in [5.41, 5.74) is 5.73.